The fourth-order valence-electron chi connectivity index (χ4n) is 5.02. The predicted molar refractivity (Wildman–Crippen MR) is 139 cm³/mol. The lowest BCUT2D eigenvalue weighted by molar-refractivity contribution is 0.413. The molecule has 0 aromatic heterocycles. The maximum absolute atomic E-state index is 13.7. The van der Waals surface area contributed by atoms with Crippen LogP contribution in [0.4, 0.5) is 0 Å². The molecule has 2 bridgehead atoms. The highest BCUT2D eigenvalue weighted by molar-refractivity contribution is 7.92. The van der Waals surface area contributed by atoms with Gasteiger partial charge in [-0.1, -0.05) is 12.1 Å². The molecule has 0 spiro atoms. The zero-order chi connectivity index (χ0) is 25.8. The summed E-state index contributed by atoms with van der Waals surface area (Å²) in [5.41, 5.74) is 4.27. The third-order valence-corrected chi connectivity index (χ3v) is 10.7. The molecule has 3 aromatic carbocycles. The number of aryl methyl sites for hydroxylation is 2. The number of hydrogen-bond acceptors (Lipinski definition) is 7. The highest BCUT2D eigenvalue weighted by Crippen LogP contribution is 2.53. The van der Waals surface area contributed by atoms with Gasteiger partial charge in [0.1, 0.15) is 28.2 Å². The van der Waals surface area contributed by atoms with Crippen LogP contribution < -0.4 is 8.92 Å². The number of phenolic OH excluding ortho intramolecular Hbond substituents is 2. The quantitative estimate of drug-likeness (QED) is 0.461. The molecule has 0 radical (unpaired) electrons. The molecule has 2 heterocycles. The van der Waals surface area contributed by atoms with Crippen LogP contribution in [-0.4, -0.2) is 45.7 Å². The van der Waals surface area contributed by atoms with Crippen LogP contribution in [0, 0.1) is 13.8 Å². The van der Waals surface area contributed by atoms with Crippen molar-refractivity contribution >= 4 is 32.1 Å². The van der Waals surface area contributed by atoms with E-state index in [0.29, 0.717) is 28.0 Å². The number of methoxy groups -OCH3 is 1. The van der Waals surface area contributed by atoms with Crippen molar-refractivity contribution in [2.24, 2.45) is 0 Å². The van der Waals surface area contributed by atoms with Crippen molar-refractivity contribution in [3.05, 3.63) is 82.9 Å². The highest BCUT2D eigenvalue weighted by Gasteiger charge is 2.57. The topological polar surface area (TPSA) is 110 Å². The molecule has 2 aliphatic heterocycles. The summed E-state index contributed by atoms with van der Waals surface area (Å²) in [5.74, 6) is 1.00. The van der Waals surface area contributed by atoms with Gasteiger partial charge in [-0.15, -0.1) is 0 Å². The first kappa shape index (κ1) is 24.4. The zero-order valence-electron chi connectivity index (χ0n) is 20.0. The van der Waals surface area contributed by atoms with Gasteiger partial charge in [-0.3, -0.25) is 4.21 Å². The minimum Gasteiger partial charge on any atom is -0.508 e. The molecule has 1 unspecified atom stereocenters. The van der Waals surface area contributed by atoms with Crippen LogP contribution in [0.5, 0.6) is 23.0 Å². The first-order valence-electron chi connectivity index (χ1n) is 11.4. The third kappa shape index (κ3) is 4.06. The Balaban J connectivity index is 1.61. The molecule has 5 rings (SSSR count). The first-order valence-corrected chi connectivity index (χ1v) is 14.2. The number of rotatable bonds is 6. The van der Waals surface area contributed by atoms with Crippen LogP contribution in [-0.2, 0) is 20.9 Å². The van der Waals surface area contributed by atoms with E-state index in [1.807, 2.05) is 6.07 Å². The Kier molecular flexibility index (Phi) is 6.08. The van der Waals surface area contributed by atoms with Gasteiger partial charge in [0.05, 0.1) is 17.6 Å². The highest BCUT2D eigenvalue weighted by atomic mass is 32.2. The molecule has 0 aliphatic carbocycles. The maximum Gasteiger partial charge on any atom is 0.313 e. The van der Waals surface area contributed by atoms with Gasteiger partial charge in [-0.2, -0.15) is 8.42 Å². The Morgan fingerprint density at radius 1 is 0.833 bits per heavy atom. The molecule has 4 atom stereocenters. The van der Waals surface area contributed by atoms with Gasteiger partial charge in [0.25, 0.3) is 0 Å². The van der Waals surface area contributed by atoms with Crippen LogP contribution in [0.25, 0.3) is 11.1 Å². The Hall–Kier alpha value is -3.30. The van der Waals surface area contributed by atoms with E-state index in [9.17, 15) is 22.8 Å². The van der Waals surface area contributed by atoms with Crippen molar-refractivity contribution in [2.45, 2.75) is 36.0 Å². The fraction of sp³-hybridized carbons (Fsp3) is 0.259. The molecule has 1 saturated heterocycles. The smallest absolute Gasteiger partial charge is 0.313 e. The molecule has 2 aliphatic rings. The molecule has 9 heteroatoms. The van der Waals surface area contributed by atoms with E-state index in [-0.39, 0.29) is 23.7 Å². The Labute approximate surface area is 212 Å². The van der Waals surface area contributed by atoms with Crippen molar-refractivity contribution in [1.82, 2.24) is 0 Å². The minimum absolute atomic E-state index is 0.123. The Bertz CT molecular complexity index is 1510. The van der Waals surface area contributed by atoms with E-state index in [0.717, 1.165) is 11.1 Å². The average Bonchev–Trinajstić information content (AvgIpc) is 3.33. The standard InChI is InChI=1S/C27H26O7S2/c1-15-12-17(4-10-21(15)28)25-23-14-24(36(31,32)34-20-8-6-19(33-3)7-9-20)27(35(23)30)26(25)18-5-11-22(29)16(2)13-18/h4-13,23-24,27-29H,14H2,1-3H3/t23-,24-,27+,35?/m0/s1. The molecule has 188 valence electrons. The Morgan fingerprint density at radius 3 is 1.89 bits per heavy atom. The van der Waals surface area contributed by atoms with E-state index in [1.165, 1.54) is 19.2 Å². The van der Waals surface area contributed by atoms with Crippen molar-refractivity contribution in [1.29, 1.82) is 0 Å². The van der Waals surface area contributed by atoms with Crippen molar-refractivity contribution in [3.8, 4) is 23.0 Å². The molecule has 1 fully saturated rings. The maximum atomic E-state index is 13.7. The molecular weight excluding hydrogens is 500 g/mol. The second-order valence-corrected chi connectivity index (χ2v) is 12.6. The van der Waals surface area contributed by atoms with E-state index in [2.05, 4.69) is 0 Å². The molecule has 7 nitrogen and oxygen atoms in total. The molecule has 0 saturated carbocycles. The number of phenols is 2. The van der Waals surface area contributed by atoms with Gasteiger partial charge in [0, 0.05) is 10.8 Å². The van der Waals surface area contributed by atoms with Crippen LogP contribution in [0.3, 0.4) is 0 Å². The number of aromatic hydroxyl groups is 2. The summed E-state index contributed by atoms with van der Waals surface area (Å²) in [6.45, 7) is 3.54. The van der Waals surface area contributed by atoms with Crippen molar-refractivity contribution in [2.75, 3.05) is 7.11 Å². The minimum atomic E-state index is -4.13. The van der Waals surface area contributed by atoms with E-state index >= 15 is 0 Å². The van der Waals surface area contributed by atoms with E-state index in [1.54, 1.807) is 56.3 Å². The molecule has 0 amide bonds. The van der Waals surface area contributed by atoms with Gasteiger partial charge >= 0.3 is 10.1 Å². The van der Waals surface area contributed by atoms with E-state index in [4.69, 9.17) is 8.92 Å². The summed E-state index contributed by atoms with van der Waals surface area (Å²) in [6, 6.07) is 16.5. The largest absolute Gasteiger partial charge is 0.508 e. The lowest BCUT2D eigenvalue weighted by atomic mass is 9.83. The van der Waals surface area contributed by atoms with Gasteiger partial charge in [0.2, 0.25) is 0 Å². The van der Waals surface area contributed by atoms with Crippen molar-refractivity contribution < 1.29 is 31.8 Å². The fourth-order valence-corrected chi connectivity index (χ4v) is 9.40. The Morgan fingerprint density at radius 2 is 1.36 bits per heavy atom. The molecule has 2 N–H and O–H groups in total. The van der Waals surface area contributed by atoms with Crippen LogP contribution >= 0.6 is 0 Å². The SMILES string of the molecule is COc1ccc(OS(=O)(=O)[C@H]2C[C@H]3C(c4ccc(O)c(C)c4)=C(c4ccc(O)c(C)c4)[C@@H]2S3=O)cc1. The second kappa shape index (κ2) is 8.97. The number of fused-ring (bicyclic) bond motifs is 2. The lowest BCUT2D eigenvalue weighted by Gasteiger charge is -2.26. The summed E-state index contributed by atoms with van der Waals surface area (Å²) in [7, 11) is -4.12. The average molecular weight is 527 g/mol. The summed E-state index contributed by atoms with van der Waals surface area (Å²) < 4.78 is 51.2. The van der Waals surface area contributed by atoms with Gasteiger partial charge in [0.15, 0.2) is 0 Å². The monoisotopic (exact) mass is 526 g/mol. The molecule has 3 aromatic rings. The van der Waals surface area contributed by atoms with Crippen LogP contribution in [0.15, 0.2) is 60.7 Å². The number of benzene rings is 3. The van der Waals surface area contributed by atoms with Crippen molar-refractivity contribution in [3.63, 3.8) is 0 Å². The number of hydrogen-bond donors (Lipinski definition) is 2. The third-order valence-electron chi connectivity index (χ3n) is 6.87. The molecular formula is C27H26O7S2. The summed E-state index contributed by atoms with van der Waals surface area (Å²) in [4.78, 5) is 0. The van der Waals surface area contributed by atoms with Crippen LogP contribution in [0.1, 0.15) is 28.7 Å². The van der Waals surface area contributed by atoms with Gasteiger partial charge in [-0.05, 0) is 102 Å². The van der Waals surface area contributed by atoms with E-state index < -0.39 is 36.7 Å². The first-order chi connectivity index (χ1) is 17.1. The zero-order valence-corrected chi connectivity index (χ0v) is 21.6. The predicted octanol–water partition coefficient (Wildman–Crippen LogP) is 4.31. The molecule has 36 heavy (non-hydrogen) atoms. The van der Waals surface area contributed by atoms with Gasteiger partial charge in [-0.25, -0.2) is 0 Å². The summed E-state index contributed by atoms with van der Waals surface area (Å²) >= 11 is 0. The van der Waals surface area contributed by atoms with Crippen LogP contribution in [0.2, 0.25) is 0 Å². The van der Waals surface area contributed by atoms with Gasteiger partial charge < -0.3 is 19.1 Å². The normalized spacial score (nSPS) is 23.2. The number of ether oxygens (including phenoxy) is 1. The second-order valence-electron chi connectivity index (χ2n) is 9.09. The summed E-state index contributed by atoms with van der Waals surface area (Å²) in [6.07, 6.45) is 0.158. The lowest BCUT2D eigenvalue weighted by Crippen LogP contribution is -2.35. The summed E-state index contributed by atoms with van der Waals surface area (Å²) in [5, 5.41) is 17.8.